The fraction of sp³-hybridized carbons (Fsp3) is 1.00. The molecule has 0 aromatic carbocycles. The predicted molar refractivity (Wildman–Crippen MR) is 96.2 cm³/mol. The molecule has 0 fully saturated rings. The minimum absolute atomic E-state index is 0.0370. The van der Waals surface area contributed by atoms with Crippen LogP contribution in [-0.4, -0.2) is 30.0 Å². The topological polar surface area (TPSA) is 44.5 Å². The second-order valence-electron chi connectivity index (χ2n) is 9.14. The molecule has 0 rings (SSSR count). The van der Waals surface area contributed by atoms with Crippen molar-refractivity contribution in [3.8, 4) is 0 Å². The monoisotopic (exact) mass is 315 g/mol. The maximum atomic E-state index is 6.26. The van der Waals surface area contributed by atoms with Crippen LogP contribution in [-0.2, 0) is 9.47 Å². The molecule has 134 valence electrons. The lowest BCUT2D eigenvalue weighted by atomic mass is 9.74. The molecule has 0 aliphatic heterocycles. The van der Waals surface area contributed by atoms with Gasteiger partial charge in [-0.3, -0.25) is 0 Å². The van der Waals surface area contributed by atoms with Crippen molar-refractivity contribution < 1.29 is 9.47 Å². The molecule has 0 spiro atoms. The van der Waals surface area contributed by atoms with E-state index in [0.29, 0.717) is 12.5 Å². The van der Waals surface area contributed by atoms with Crippen LogP contribution in [0.1, 0.15) is 82.1 Å². The number of rotatable bonds is 10. The summed E-state index contributed by atoms with van der Waals surface area (Å²) in [4.78, 5) is 0. The Hall–Kier alpha value is -0.120. The van der Waals surface area contributed by atoms with E-state index in [0.717, 1.165) is 19.4 Å². The zero-order valence-electron chi connectivity index (χ0n) is 16.8. The molecular weight excluding hydrogens is 274 g/mol. The van der Waals surface area contributed by atoms with Gasteiger partial charge in [-0.2, -0.15) is 0 Å². The summed E-state index contributed by atoms with van der Waals surface area (Å²) in [6, 6.07) is 0. The number of hydrogen-bond donors (Lipinski definition) is 1. The molecule has 2 N–H and O–H groups in total. The number of hydrogen-bond acceptors (Lipinski definition) is 3. The van der Waals surface area contributed by atoms with E-state index in [4.69, 9.17) is 15.2 Å². The van der Waals surface area contributed by atoms with E-state index in [-0.39, 0.29) is 22.2 Å². The third-order valence-corrected chi connectivity index (χ3v) is 5.67. The van der Waals surface area contributed by atoms with Gasteiger partial charge in [0.25, 0.3) is 0 Å². The maximum Gasteiger partial charge on any atom is 0.0678 e. The highest BCUT2D eigenvalue weighted by molar-refractivity contribution is 4.89. The summed E-state index contributed by atoms with van der Waals surface area (Å²) in [5.41, 5.74) is 5.73. The van der Waals surface area contributed by atoms with Crippen LogP contribution < -0.4 is 5.73 Å². The molecule has 22 heavy (non-hydrogen) atoms. The zero-order chi connectivity index (χ0) is 17.8. The van der Waals surface area contributed by atoms with Gasteiger partial charge in [-0.1, -0.05) is 27.7 Å². The first-order valence-corrected chi connectivity index (χ1v) is 8.71. The highest BCUT2D eigenvalue weighted by atomic mass is 16.5. The molecule has 0 amide bonds. The molecule has 3 nitrogen and oxygen atoms in total. The Morgan fingerprint density at radius 3 is 1.82 bits per heavy atom. The Morgan fingerprint density at radius 2 is 1.41 bits per heavy atom. The van der Waals surface area contributed by atoms with Crippen LogP contribution in [0, 0.1) is 11.3 Å². The Kier molecular flexibility index (Phi) is 7.59. The summed E-state index contributed by atoms with van der Waals surface area (Å²) in [7, 11) is 0. The molecular formula is C19H41NO2. The summed E-state index contributed by atoms with van der Waals surface area (Å²) >= 11 is 0. The molecule has 0 saturated heterocycles. The second kappa shape index (κ2) is 7.63. The van der Waals surface area contributed by atoms with Crippen LogP contribution in [0.4, 0.5) is 0 Å². The number of ether oxygens (including phenoxy) is 2. The van der Waals surface area contributed by atoms with Gasteiger partial charge in [0.2, 0.25) is 0 Å². The van der Waals surface area contributed by atoms with Crippen molar-refractivity contribution in [2.75, 3.05) is 13.2 Å². The fourth-order valence-electron chi connectivity index (χ4n) is 1.73. The lowest BCUT2D eigenvalue weighted by Gasteiger charge is -2.43. The first-order chi connectivity index (χ1) is 9.65. The Labute approximate surface area is 139 Å². The molecule has 1 unspecified atom stereocenters. The van der Waals surface area contributed by atoms with Crippen molar-refractivity contribution >= 4 is 0 Å². The molecule has 0 aromatic rings. The van der Waals surface area contributed by atoms with E-state index in [9.17, 15) is 0 Å². The number of nitrogens with two attached hydrogens (primary N) is 1. The van der Waals surface area contributed by atoms with Crippen LogP contribution in [0.3, 0.4) is 0 Å². The maximum absolute atomic E-state index is 6.26. The van der Waals surface area contributed by atoms with Crippen molar-refractivity contribution in [1.29, 1.82) is 0 Å². The van der Waals surface area contributed by atoms with Crippen molar-refractivity contribution in [2.45, 2.75) is 98.8 Å². The van der Waals surface area contributed by atoms with Crippen molar-refractivity contribution in [3.05, 3.63) is 0 Å². The Bertz CT molecular complexity index is 327. The van der Waals surface area contributed by atoms with Crippen LogP contribution in [0.5, 0.6) is 0 Å². The smallest absolute Gasteiger partial charge is 0.0678 e. The van der Waals surface area contributed by atoms with Gasteiger partial charge in [0, 0.05) is 12.1 Å². The van der Waals surface area contributed by atoms with Gasteiger partial charge in [0.05, 0.1) is 17.8 Å². The molecule has 0 bridgehead atoms. The summed E-state index contributed by atoms with van der Waals surface area (Å²) < 4.78 is 12.3. The normalized spacial score (nSPS) is 16.0. The standard InChI is InChI=1S/C19H41NO2/c1-11-17(5,6)21-13-12-16(3,4)19(9,10)22-14-15(2)18(7,8)20/h15H,11-14,20H2,1-10H3. The Morgan fingerprint density at radius 1 is 0.909 bits per heavy atom. The summed E-state index contributed by atoms with van der Waals surface area (Å²) in [6.07, 6.45) is 2.00. The van der Waals surface area contributed by atoms with Gasteiger partial charge in [-0.05, 0) is 65.7 Å². The average molecular weight is 316 g/mol. The fourth-order valence-corrected chi connectivity index (χ4v) is 1.73. The van der Waals surface area contributed by atoms with Crippen LogP contribution in [0.25, 0.3) is 0 Å². The van der Waals surface area contributed by atoms with E-state index in [2.05, 4.69) is 69.2 Å². The molecule has 0 aliphatic rings. The van der Waals surface area contributed by atoms with E-state index in [1.807, 2.05) is 0 Å². The van der Waals surface area contributed by atoms with Crippen molar-refractivity contribution in [2.24, 2.45) is 17.1 Å². The highest BCUT2D eigenvalue weighted by Crippen LogP contribution is 2.38. The molecule has 0 radical (unpaired) electrons. The minimum Gasteiger partial charge on any atom is -0.376 e. The first kappa shape index (κ1) is 21.9. The average Bonchev–Trinajstić information content (AvgIpc) is 2.34. The van der Waals surface area contributed by atoms with Gasteiger partial charge in [0.15, 0.2) is 0 Å². The van der Waals surface area contributed by atoms with Crippen LogP contribution >= 0.6 is 0 Å². The molecule has 0 saturated carbocycles. The first-order valence-electron chi connectivity index (χ1n) is 8.71. The van der Waals surface area contributed by atoms with Gasteiger partial charge in [-0.15, -0.1) is 0 Å². The SMILES string of the molecule is CCC(C)(C)OCCC(C)(C)C(C)(C)OCC(C)C(C)(C)N. The molecule has 0 aromatic heterocycles. The van der Waals surface area contributed by atoms with E-state index in [1.54, 1.807) is 0 Å². The Balaban J connectivity index is 4.54. The van der Waals surface area contributed by atoms with Crippen molar-refractivity contribution in [1.82, 2.24) is 0 Å². The third kappa shape index (κ3) is 6.97. The second-order valence-corrected chi connectivity index (χ2v) is 9.14. The van der Waals surface area contributed by atoms with Gasteiger partial charge in [-0.25, -0.2) is 0 Å². The predicted octanol–water partition coefficient (Wildman–Crippen LogP) is 4.78. The molecule has 3 heteroatoms. The van der Waals surface area contributed by atoms with Gasteiger partial charge in [0.1, 0.15) is 0 Å². The summed E-state index contributed by atoms with van der Waals surface area (Å²) in [6.45, 7) is 23.0. The van der Waals surface area contributed by atoms with Crippen LogP contribution in [0.15, 0.2) is 0 Å². The lowest BCUT2D eigenvalue weighted by molar-refractivity contribution is -0.127. The highest BCUT2D eigenvalue weighted by Gasteiger charge is 2.39. The van der Waals surface area contributed by atoms with E-state index < -0.39 is 0 Å². The zero-order valence-corrected chi connectivity index (χ0v) is 16.8. The quantitative estimate of drug-likeness (QED) is 0.631. The summed E-state index contributed by atoms with van der Waals surface area (Å²) in [5, 5.41) is 0. The minimum atomic E-state index is -0.216. The third-order valence-electron chi connectivity index (χ3n) is 5.67. The molecule has 1 atom stereocenters. The largest absolute Gasteiger partial charge is 0.376 e. The molecule has 0 heterocycles. The molecule has 0 aliphatic carbocycles. The van der Waals surface area contributed by atoms with Crippen LogP contribution in [0.2, 0.25) is 0 Å². The summed E-state index contributed by atoms with van der Waals surface area (Å²) in [5.74, 6) is 0.317. The van der Waals surface area contributed by atoms with Crippen molar-refractivity contribution in [3.63, 3.8) is 0 Å². The lowest BCUT2D eigenvalue weighted by Crippen LogP contribution is -2.47. The van der Waals surface area contributed by atoms with Gasteiger partial charge < -0.3 is 15.2 Å². The van der Waals surface area contributed by atoms with E-state index >= 15 is 0 Å². The van der Waals surface area contributed by atoms with E-state index in [1.165, 1.54) is 0 Å². The van der Waals surface area contributed by atoms with Gasteiger partial charge >= 0.3 is 0 Å².